The van der Waals surface area contributed by atoms with Crippen LogP contribution in [0.25, 0.3) is 0 Å². The maximum atomic E-state index is 13.6. The SMILES string of the molecule is CC(=O)c1ccc(Oc2ccc([N+](=O)[O-])cc2)cc1F. The first kappa shape index (κ1) is 13.7. The number of Topliss-reactive ketones (excluding diaryl/α,β-unsaturated/α-hetero) is 1. The third kappa shape index (κ3) is 2.97. The van der Waals surface area contributed by atoms with Gasteiger partial charge in [0.1, 0.15) is 17.3 Å². The van der Waals surface area contributed by atoms with Gasteiger partial charge in [0.15, 0.2) is 5.78 Å². The molecular weight excluding hydrogens is 265 g/mol. The van der Waals surface area contributed by atoms with E-state index >= 15 is 0 Å². The largest absolute Gasteiger partial charge is 0.457 e. The van der Waals surface area contributed by atoms with Crippen molar-refractivity contribution in [1.29, 1.82) is 0 Å². The molecule has 20 heavy (non-hydrogen) atoms. The Balaban J connectivity index is 2.19. The van der Waals surface area contributed by atoms with Crippen LogP contribution in [0.4, 0.5) is 10.1 Å². The molecule has 0 aromatic heterocycles. The van der Waals surface area contributed by atoms with Crippen LogP contribution >= 0.6 is 0 Å². The second-order valence-corrected chi connectivity index (χ2v) is 4.05. The van der Waals surface area contributed by atoms with Crippen LogP contribution in [-0.2, 0) is 0 Å². The average Bonchev–Trinajstić information content (AvgIpc) is 2.39. The van der Waals surface area contributed by atoms with Gasteiger partial charge in [-0.25, -0.2) is 4.39 Å². The number of nitro groups is 1. The van der Waals surface area contributed by atoms with Gasteiger partial charge in [-0.15, -0.1) is 0 Å². The molecule has 0 amide bonds. The predicted molar refractivity (Wildman–Crippen MR) is 69.6 cm³/mol. The lowest BCUT2D eigenvalue weighted by Gasteiger charge is -2.06. The van der Waals surface area contributed by atoms with Crippen LogP contribution in [0.1, 0.15) is 17.3 Å². The van der Waals surface area contributed by atoms with Gasteiger partial charge in [-0.05, 0) is 31.2 Å². The van der Waals surface area contributed by atoms with Crippen molar-refractivity contribution in [2.45, 2.75) is 6.92 Å². The first-order valence-corrected chi connectivity index (χ1v) is 5.70. The number of hydrogen-bond donors (Lipinski definition) is 0. The molecule has 6 heteroatoms. The molecule has 0 bridgehead atoms. The number of nitro benzene ring substituents is 1. The molecule has 0 aliphatic rings. The van der Waals surface area contributed by atoms with E-state index in [-0.39, 0.29) is 22.8 Å². The van der Waals surface area contributed by atoms with E-state index in [0.29, 0.717) is 5.75 Å². The molecule has 2 aromatic carbocycles. The summed E-state index contributed by atoms with van der Waals surface area (Å²) in [4.78, 5) is 21.1. The Morgan fingerprint density at radius 3 is 2.25 bits per heavy atom. The molecule has 0 saturated carbocycles. The van der Waals surface area contributed by atoms with Gasteiger partial charge in [-0.3, -0.25) is 14.9 Å². The summed E-state index contributed by atoms with van der Waals surface area (Å²) in [7, 11) is 0. The number of ether oxygens (including phenoxy) is 1. The van der Waals surface area contributed by atoms with Gasteiger partial charge in [-0.1, -0.05) is 0 Å². The van der Waals surface area contributed by atoms with Crippen molar-refractivity contribution in [1.82, 2.24) is 0 Å². The molecule has 0 heterocycles. The molecule has 5 nitrogen and oxygen atoms in total. The van der Waals surface area contributed by atoms with Gasteiger partial charge < -0.3 is 4.74 Å². The van der Waals surface area contributed by atoms with Crippen molar-refractivity contribution < 1.29 is 18.8 Å². The Bertz CT molecular complexity index is 667. The van der Waals surface area contributed by atoms with Crippen LogP contribution in [-0.4, -0.2) is 10.7 Å². The van der Waals surface area contributed by atoms with Crippen molar-refractivity contribution in [2.75, 3.05) is 0 Å². The number of halogens is 1. The van der Waals surface area contributed by atoms with Crippen molar-refractivity contribution in [3.05, 3.63) is 64.0 Å². The topological polar surface area (TPSA) is 69.4 Å². The van der Waals surface area contributed by atoms with Gasteiger partial charge >= 0.3 is 0 Å². The van der Waals surface area contributed by atoms with Crippen molar-refractivity contribution >= 4 is 11.5 Å². The maximum absolute atomic E-state index is 13.6. The number of nitrogens with zero attached hydrogens (tertiary/aromatic N) is 1. The molecule has 102 valence electrons. The van der Waals surface area contributed by atoms with E-state index in [0.717, 1.165) is 6.07 Å². The summed E-state index contributed by atoms with van der Waals surface area (Å²) in [5, 5.41) is 10.5. The molecule has 0 aliphatic carbocycles. The van der Waals surface area contributed by atoms with Crippen LogP contribution in [0.5, 0.6) is 11.5 Å². The van der Waals surface area contributed by atoms with Gasteiger partial charge in [0, 0.05) is 18.2 Å². The number of hydrogen-bond acceptors (Lipinski definition) is 4. The maximum Gasteiger partial charge on any atom is 0.269 e. The molecule has 2 rings (SSSR count). The van der Waals surface area contributed by atoms with Crippen LogP contribution in [0.15, 0.2) is 42.5 Å². The normalized spacial score (nSPS) is 10.1. The number of rotatable bonds is 4. The monoisotopic (exact) mass is 275 g/mol. The number of ketones is 1. The molecule has 0 N–H and O–H groups in total. The number of carbonyl (C=O) groups is 1. The highest BCUT2D eigenvalue weighted by Gasteiger charge is 2.09. The zero-order valence-corrected chi connectivity index (χ0v) is 10.5. The van der Waals surface area contributed by atoms with E-state index < -0.39 is 10.7 Å². The standard InChI is InChI=1S/C14H10FNO4/c1-9(17)13-7-6-12(8-14(13)15)20-11-4-2-10(3-5-11)16(18)19/h2-8H,1H3. The molecule has 0 saturated heterocycles. The van der Waals surface area contributed by atoms with Crippen LogP contribution < -0.4 is 4.74 Å². The quantitative estimate of drug-likeness (QED) is 0.484. The molecule has 0 fully saturated rings. The Labute approximate surface area is 113 Å². The van der Waals surface area contributed by atoms with E-state index in [1.165, 1.54) is 43.3 Å². The van der Waals surface area contributed by atoms with E-state index in [2.05, 4.69) is 0 Å². The molecule has 0 radical (unpaired) electrons. The van der Waals surface area contributed by atoms with Crippen LogP contribution in [0.2, 0.25) is 0 Å². The van der Waals surface area contributed by atoms with Crippen molar-refractivity contribution in [3.8, 4) is 11.5 Å². The summed E-state index contributed by atoms with van der Waals surface area (Å²) in [6.45, 7) is 1.27. The Morgan fingerprint density at radius 1 is 1.15 bits per heavy atom. The summed E-state index contributed by atoms with van der Waals surface area (Å²) >= 11 is 0. The average molecular weight is 275 g/mol. The lowest BCUT2D eigenvalue weighted by Crippen LogP contribution is -1.97. The first-order chi connectivity index (χ1) is 9.47. The molecule has 0 aliphatic heterocycles. The number of benzene rings is 2. The summed E-state index contributed by atoms with van der Waals surface area (Å²) in [5.74, 6) is -0.492. The van der Waals surface area contributed by atoms with Crippen LogP contribution in [0.3, 0.4) is 0 Å². The van der Waals surface area contributed by atoms with Gasteiger partial charge in [0.25, 0.3) is 5.69 Å². The first-order valence-electron chi connectivity index (χ1n) is 5.70. The lowest BCUT2D eigenvalue weighted by molar-refractivity contribution is -0.384. The summed E-state index contributed by atoms with van der Waals surface area (Å²) < 4.78 is 18.9. The predicted octanol–water partition coefficient (Wildman–Crippen LogP) is 3.73. The highest BCUT2D eigenvalue weighted by Crippen LogP contribution is 2.25. The summed E-state index contributed by atoms with van der Waals surface area (Å²) in [5.41, 5.74) is -0.0727. The second kappa shape index (κ2) is 5.48. The minimum absolute atomic E-state index is 0.0129. The van der Waals surface area contributed by atoms with E-state index in [1.807, 2.05) is 0 Å². The zero-order valence-electron chi connectivity index (χ0n) is 10.5. The van der Waals surface area contributed by atoms with E-state index in [1.54, 1.807) is 0 Å². The second-order valence-electron chi connectivity index (χ2n) is 4.05. The molecule has 0 spiro atoms. The number of carbonyl (C=O) groups excluding carboxylic acids is 1. The third-order valence-electron chi connectivity index (χ3n) is 2.60. The van der Waals surface area contributed by atoms with E-state index in [9.17, 15) is 19.3 Å². The Kier molecular flexibility index (Phi) is 3.74. The number of non-ortho nitro benzene ring substituents is 1. The molecular formula is C14H10FNO4. The lowest BCUT2D eigenvalue weighted by atomic mass is 10.1. The van der Waals surface area contributed by atoms with Crippen molar-refractivity contribution in [2.24, 2.45) is 0 Å². The smallest absolute Gasteiger partial charge is 0.269 e. The highest BCUT2D eigenvalue weighted by molar-refractivity contribution is 5.94. The Hall–Kier alpha value is -2.76. The fourth-order valence-electron chi connectivity index (χ4n) is 1.62. The highest BCUT2D eigenvalue weighted by atomic mass is 19.1. The molecule has 0 atom stereocenters. The van der Waals surface area contributed by atoms with Gasteiger partial charge in [-0.2, -0.15) is 0 Å². The minimum atomic E-state index is -0.670. The van der Waals surface area contributed by atoms with Crippen LogP contribution in [0, 0.1) is 15.9 Å². The molecule has 0 unspecified atom stereocenters. The Morgan fingerprint density at radius 2 is 1.75 bits per heavy atom. The zero-order chi connectivity index (χ0) is 14.7. The van der Waals surface area contributed by atoms with Gasteiger partial charge in [0.2, 0.25) is 0 Å². The van der Waals surface area contributed by atoms with Crippen molar-refractivity contribution in [3.63, 3.8) is 0 Å². The third-order valence-corrected chi connectivity index (χ3v) is 2.60. The molecule has 2 aromatic rings. The van der Waals surface area contributed by atoms with E-state index in [4.69, 9.17) is 4.74 Å². The summed E-state index contributed by atoms with van der Waals surface area (Å²) in [6, 6.07) is 9.28. The van der Waals surface area contributed by atoms with Gasteiger partial charge in [0.05, 0.1) is 10.5 Å². The minimum Gasteiger partial charge on any atom is -0.457 e. The fraction of sp³-hybridized carbons (Fsp3) is 0.0714. The summed E-state index contributed by atoms with van der Waals surface area (Å²) in [6.07, 6.45) is 0. The fourth-order valence-corrected chi connectivity index (χ4v) is 1.62.